The molecule has 1 fully saturated rings. The minimum atomic E-state index is -0.379. The average Bonchev–Trinajstić information content (AvgIpc) is 3.04. The molecule has 23 heavy (non-hydrogen) atoms. The molecule has 2 atom stereocenters. The van der Waals surface area contributed by atoms with Gasteiger partial charge >= 0.3 is 0 Å². The summed E-state index contributed by atoms with van der Waals surface area (Å²) in [6, 6.07) is 6.96. The van der Waals surface area contributed by atoms with Crippen LogP contribution in [0.15, 0.2) is 24.3 Å². The van der Waals surface area contributed by atoms with Crippen LogP contribution >= 0.6 is 0 Å². The van der Waals surface area contributed by atoms with Crippen LogP contribution in [0.5, 0.6) is 0 Å². The van der Waals surface area contributed by atoms with E-state index in [1.54, 1.807) is 26.0 Å². The second kappa shape index (κ2) is 4.75. The Bertz CT molecular complexity index is 814. The van der Waals surface area contributed by atoms with Crippen LogP contribution in [0, 0.1) is 29.8 Å². The molecule has 1 aromatic heterocycles. The second-order valence-corrected chi connectivity index (χ2v) is 6.36. The van der Waals surface area contributed by atoms with Crippen LogP contribution in [0.4, 0.5) is 15.9 Å². The Hall–Kier alpha value is -2.50. The zero-order valence-corrected chi connectivity index (χ0v) is 12.9. The van der Waals surface area contributed by atoms with Crippen molar-refractivity contribution < 1.29 is 9.31 Å². The number of rotatable bonds is 2. The van der Waals surface area contributed by atoms with E-state index in [1.165, 1.54) is 6.07 Å². The predicted molar refractivity (Wildman–Crippen MR) is 84.2 cm³/mol. The van der Waals surface area contributed by atoms with Gasteiger partial charge in [-0.05, 0) is 49.6 Å². The molecule has 4 rings (SSSR count). The highest BCUT2D eigenvalue weighted by Gasteiger charge is 2.43. The molecule has 5 nitrogen and oxygen atoms in total. The Morgan fingerprint density at radius 2 is 2.09 bits per heavy atom. The summed E-state index contributed by atoms with van der Waals surface area (Å²) in [7, 11) is 0. The highest BCUT2D eigenvalue weighted by atomic mass is 19.1. The summed E-state index contributed by atoms with van der Waals surface area (Å²) < 4.78 is 13.4. The van der Waals surface area contributed by atoms with Crippen LogP contribution in [-0.4, -0.2) is 16.5 Å². The van der Waals surface area contributed by atoms with Gasteiger partial charge in [-0.25, -0.2) is 9.37 Å². The monoisotopic (exact) mass is 313 g/mol. The van der Waals surface area contributed by atoms with E-state index in [2.05, 4.69) is 9.88 Å². The fourth-order valence-electron chi connectivity index (χ4n) is 4.04. The van der Waals surface area contributed by atoms with Gasteiger partial charge in [-0.1, -0.05) is 6.07 Å². The number of fused-ring (bicyclic) bond motifs is 5. The van der Waals surface area contributed by atoms with E-state index in [9.17, 15) is 14.5 Å². The molecule has 118 valence electrons. The number of hydrogen-bond acceptors (Lipinski definition) is 4. The molecule has 2 unspecified atom stereocenters. The average molecular weight is 313 g/mol. The van der Waals surface area contributed by atoms with Crippen LogP contribution in [0.25, 0.3) is 0 Å². The standard InChI is InChI=1S/C17H16FN3O2/c1-9-5-16(19-10(2)17(9)21(22)23)20-8-11-6-15(20)13-4-3-12(18)7-14(11)13/h3-5,7,11,15H,6,8H2,1-2H3. The maximum atomic E-state index is 13.4. The van der Waals surface area contributed by atoms with E-state index in [0.29, 0.717) is 17.2 Å². The summed E-state index contributed by atoms with van der Waals surface area (Å²) in [5.41, 5.74) is 3.40. The molecule has 2 aliphatic rings. The van der Waals surface area contributed by atoms with E-state index < -0.39 is 0 Å². The number of anilines is 1. The van der Waals surface area contributed by atoms with E-state index in [4.69, 9.17) is 0 Å². The first-order valence-corrected chi connectivity index (χ1v) is 7.64. The Balaban J connectivity index is 1.74. The van der Waals surface area contributed by atoms with Crippen molar-refractivity contribution in [1.29, 1.82) is 0 Å². The number of pyridine rings is 1. The van der Waals surface area contributed by atoms with Crippen LogP contribution in [0.2, 0.25) is 0 Å². The van der Waals surface area contributed by atoms with Gasteiger partial charge in [0, 0.05) is 18.0 Å². The van der Waals surface area contributed by atoms with Gasteiger partial charge in [-0.2, -0.15) is 0 Å². The van der Waals surface area contributed by atoms with Gasteiger partial charge in [0.25, 0.3) is 5.69 Å². The van der Waals surface area contributed by atoms with Crippen molar-refractivity contribution in [3.05, 3.63) is 62.6 Å². The predicted octanol–water partition coefficient (Wildman–Crippen LogP) is 3.79. The first-order chi connectivity index (χ1) is 11.0. The molecule has 1 aliphatic heterocycles. The summed E-state index contributed by atoms with van der Waals surface area (Å²) >= 11 is 0. The minimum absolute atomic E-state index is 0.0839. The molecule has 2 aromatic rings. The van der Waals surface area contributed by atoms with Crippen molar-refractivity contribution >= 4 is 11.5 Å². The van der Waals surface area contributed by atoms with Gasteiger partial charge in [0.2, 0.25) is 0 Å². The first kappa shape index (κ1) is 14.1. The SMILES string of the molecule is Cc1cc(N2CC3CC2c2ccc(F)cc23)nc(C)c1[N+](=O)[O-]. The zero-order chi connectivity index (χ0) is 16.3. The van der Waals surface area contributed by atoms with Crippen LogP contribution < -0.4 is 4.90 Å². The summed E-state index contributed by atoms with van der Waals surface area (Å²) in [6.45, 7) is 4.20. The Morgan fingerprint density at radius 3 is 2.78 bits per heavy atom. The van der Waals surface area contributed by atoms with Crippen molar-refractivity contribution in [3.8, 4) is 0 Å². The Kier molecular flexibility index (Phi) is 2.91. The van der Waals surface area contributed by atoms with E-state index >= 15 is 0 Å². The minimum Gasteiger partial charge on any atom is -0.349 e. The van der Waals surface area contributed by atoms with Crippen molar-refractivity contribution in [2.24, 2.45) is 0 Å². The summed E-state index contributed by atoms with van der Waals surface area (Å²) in [4.78, 5) is 17.4. The third kappa shape index (κ3) is 2.01. The maximum Gasteiger partial charge on any atom is 0.293 e. The molecule has 1 aromatic carbocycles. The van der Waals surface area contributed by atoms with Crippen molar-refractivity contribution in [3.63, 3.8) is 0 Å². The number of benzene rings is 1. The summed E-state index contributed by atoms with van der Waals surface area (Å²) in [6.07, 6.45) is 0.954. The van der Waals surface area contributed by atoms with Crippen molar-refractivity contribution in [1.82, 2.24) is 4.98 Å². The zero-order valence-electron chi connectivity index (χ0n) is 12.9. The van der Waals surface area contributed by atoms with Gasteiger partial charge in [0.05, 0.1) is 11.0 Å². The summed E-state index contributed by atoms with van der Waals surface area (Å²) in [5, 5.41) is 11.1. The lowest BCUT2D eigenvalue weighted by Gasteiger charge is -2.30. The number of aryl methyl sites for hydroxylation is 2. The van der Waals surface area contributed by atoms with Crippen LogP contribution in [0.1, 0.15) is 40.8 Å². The molecule has 2 bridgehead atoms. The molecule has 0 amide bonds. The quantitative estimate of drug-likeness (QED) is 0.625. The number of nitrogens with zero attached hydrogens (tertiary/aromatic N) is 3. The molecule has 0 N–H and O–H groups in total. The molecule has 1 saturated heterocycles. The third-order valence-electron chi connectivity index (χ3n) is 4.97. The lowest BCUT2D eigenvalue weighted by molar-refractivity contribution is -0.386. The number of aromatic nitrogens is 1. The molecule has 6 heteroatoms. The molecular weight excluding hydrogens is 297 g/mol. The normalized spacial score (nSPS) is 21.6. The lowest BCUT2D eigenvalue weighted by Crippen LogP contribution is -2.28. The fraction of sp³-hybridized carbons (Fsp3) is 0.353. The van der Waals surface area contributed by atoms with Crippen molar-refractivity contribution in [2.45, 2.75) is 32.2 Å². The number of halogens is 1. The smallest absolute Gasteiger partial charge is 0.293 e. The highest BCUT2D eigenvalue weighted by Crippen LogP contribution is 2.51. The Labute approximate surface area is 132 Å². The maximum absolute atomic E-state index is 13.4. The number of nitro groups is 1. The molecular formula is C17H16FN3O2. The molecule has 0 spiro atoms. The van der Waals surface area contributed by atoms with E-state index in [0.717, 1.165) is 29.9 Å². The van der Waals surface area contributed by atoms with Gasteiger partial charge in [0.1, 0.15) is 17.3 Å². The lowest BCUT2D eigenvalue weighted by atomic mass is 9.99. The molecule has 2 heterocycles. The highest BCUT2D eigenvalue weighted by molar-refractivity contribution is 5.58. The summed E-state index contributed by atoms with van der Waals surface area (Å²) in [5.74, 6) is 0.888. The fourth-order valence-corrected chi connectivity index (χ4v) is 4.04. The van der Waals surface area contributed by atoms with Crippen LogP contribution in [0.3, 0.4) is 0 Å². The van der Waals surface area contributed by atoms with Crippen LogP contribution in [-0.2, 0) is 0 Å². The molecule has 0 radical (unpaired) electrons. The van der Waals surface area contributed by atoms with Crippen molar-refractivity contribution in [2.75, 3.05) is 11.4 Å². The molecule has 0 saturated carbocycles. The van der Waals surface area contributed by atoms with Gasteiger partial charge in [0.15, 0.2) is 0 Å². The second-order valence-electron chi connectivity index (χ2n) is 6.36. The number of hydrogen-bond donors (Lipinski definition) is 0. The van der Waals surface area contributed by atoms with E-state index in [1.807, 2.05) is 6.07 Å². The van der Waals surface area contributed by atoms with Gasteiger partial charge in [-0.15, -0.1) is 0 Å². The largest absolute Gasteiger partial charge is 0.349 e. The molecule has 1 aliphatic carbocycles. The first-order valence-electron chi connectivity index (χ1n) is 7.64. The van der Waals surface area contributed by atoms with Gasteiger partial charge < -0.3 is 4.90 Å². The van der Waals surface area contributed by atoms with E-state index in [-0.39, 0.29) is 22.5 Å². The van der Waals surface area contributed by atoms with Gasteiger partial charge in [-0.3, -0.25) is 10.1 Å². The Morgan fingerprint density at radius 1 is 1.30 bits per heavy atom. The topological polar surface area (TPSA) is 59.3 Å². The third-order valence-corrected chi connectivity index (χ3v) is 4.97.